The van der Waals surface area contributed by atoms with Crippen molar-refractivity contribution in [3.63, 3.8) is 0 Å². The molecule has 32 heavy (non-hydrogen) atoms. The molecule has 2 N–H and O–H groups in total. The summed E-state index contributed by atoms with van der Waals surface area (Å²) in [5.41, 5.74) is 3.17. The van der Waals surface area contributed by atoms with Crippen LogP contribution >= 0.6 is 12.8 Å². The fraction of sp³-hybridized carbons (Fsp3) is 0.125. The number of nitrogens with one attached hydrogen (secondary N) is 2. The minimum Gasteiger partial charge on any atom is -0.495 e. The van der Waals surface area contributed by atoms with Gasteiger partial charge in [-0.25, -0.2) is 17.9 Å². The van der Waals surface area contributed by atoms with E-state index < -0.39 is 17.7 Å². The molecule has 164 valence electrons. The predicted octanol–water partition coefficient (Wildman–Crippen LogP) is 6.24. The maximum Gasteiger partial charge on any atom is 0.332 e. The quantitative estimate of drug-likeness (QED) is 0.313. The number of thiol groups is 1. The van der Waals surface area contributed by atoms with Gasteiger partial charge in [-0.2, -0.15) is 0 Å². The number of ether oxygens (including phenoxy) is 1. The number of halogens is 2. The number of hydrogen-bond acceptors (Lipinski definition) is 3. The molecule has 0 bridgehead atoms. The highest BCUT2D eigenvalue weighted by molar-refractivity contribution is 7.82. The highest BCUT2D eigenvalue weighted by Gasteiger charge is 2.20. The van der Waals surface area contributed by atoms with Crippen molar-refractivity contribution in [1.82, 2.24) is 10.3 Å². The molecular formula is C24H21F2N3O2S. The number of amides is 2. The lowest BCUT2D eigenvalue weighted by atomic mass is 10.1. The number of nitrogens with zero attached hydrogens (tertiary/aromatic N) is 1. The molecule has 4 aromatic rings. The van der Waals surface area contributed by atoms with Gasteiger partial charge in [0.2, 0.25) is 0 Å². The van der Waals surface area contributed by atoms with Crippen LogP contribution in [-0.2, 0) is 0 Å². The third-order valence-corrected chi connectivity index (χ3v) is 5.61. The van der Waals surface area contributed by atoms with Crippen LogP contribution in [0.2, 0.25) is 0 Å². The van der Waals surface area contributed by atoms with E-state index in [1.807, 2.05) is 37.3 Å². The van der Waals surface area contributed by atoms with E-state index in [1.165, 1.54) is 11.4 Å². The molecule has 8 heteroatoms. The van der Waals surface area contributed by atoms with Gasteiger partial charge in [0, 0.05) is 28.2 Å². The van der Waals surface area contributed by atoms with Crippen LogP contribution in [0.15, 0.2) is 66.7 Å². The van der Waals surface area contributed by atoms with E-state index in [9.17, 15) is 13.6 Å². The predicted molar refractivity (Wildman–Crippen MR) is 125 cm³/mol. The van der Waals surface area contributed by atoms with Crippen molar-refractivity contribution >= 4 is 35.4 Å². The van der Waals surface area contributed by atoms with Crippen LogP contribution in [0, 0.1) is 11.6 Å². The summed E-state index contributed by atoms with van der Waals surface area (Å²) >= 11 is 4.39. The number of aromatic amines is 1. The molecule has 1 atom stereocenters. The molecule has 0 aliphatic carbocycles. The molecule has 1 aromatic heterocycles. The van der Waals surface area contributed by atoms with E-state index in [0.717, 1.165) is 17.7 Å². The van der Waals surface area contributed by atoms with Gasteiger partial charge in [0.25, 0.3) is 0 Å². The lowest BCUT2D eigenvalue weighted by Crippen LogP contribution is -2.35. The number of aromatic nitrogens is 1. The first kappa shape index (κ1) is 21.7. The van der Waals surface area contributed by atoms with Gasteiger partial charge in [0.05, 0.1) is 18.8 Å². The van der Waals surface area contributed by atoms with Crippen molar-refractivity contribution in [3.05, 3.63) is 83.9 Å². The molecule has 4 rings (SSSR count). The minimum absolute atomic E-state index is 0.231. The van der Waals surface area contributed by atoms with Gasteiger partial charge in [-0.3, -0.25) is 0 Å². The Hall–Kier alpha value is -3.52. The van der Waals surface area contributed by atoms with Gasteiger partial charge in [-0.05, 0) is 42.8 Å². The maximum atomic E-state index is 13.6. The van der Waals surface area contributed by atoms with E-state index in [1.54, 1.807) is 24.3 Å². The number of H-pyrrole nitrogens is 1. The Morgan fingerprint density at radius 2 is 1.78 bits per heavy atom. The van der Waals surface area contributed by atoms with Gasteiger partial charge in [0.1, 0.15) is 5.75 Å². The zero-order valence-corrected chi connectivity index (χ0v) is 18.3. The Kier molecular flexibility index (Phi) is 6.05. The Bertz CT molecular complexity index is 1240. The number of methoxy groups -OCH3 is 1. The van der Waals surface area contributed by atoms with Crippen molar-refractivity contribution in [2.24, 2.45) is 0 Å². The highest BCUT2D eigenvalue weighted by Crippen LogP contribution is 2.35. The normalized spacial score (nSPS) is 11.9. The van der Waals surface area contributed by atoms with Crippen LogP contribution in [0.5, 0.6) is 5.75 Å². The molecule has 0 fully saturated rings. The number of hydrogen-bond donors (Lipinski definition) is 3. The number of rotatable bonds is 5. The fourth-order valence-electron chi connectivity index (χ4n) is 3.49. The van der Waals surface area contributed by atoms with Crippen LogP contribution in [0.4, 0.5) is 19.3 Å². The van der Waals surface area contributed by atoms with Crippen LogP contribution in [0.1, 0.15) is 18.5 Å². The second kappa shape index (κ2) is 8.92. The van der Waals surface area contributed by atoms with Crippen molar-refractivity contribution in [2.75, 3.05) is 11.4 Å². The molecule has 3 aromatic carbocycles. The Morgan fingerprint density at radius 1 is 1.06 bits per heavy atom. The lowest BCUT2D eigenvalue weighted by Gasteiger charge is -2.22. The average molecular weight is 454 g/mol. The standard InChI is InChI=1S/C24H21F2N3O2S/c1-14(15-6-4-3-5-7-15)27-24(30)29(32)22-12-16(8-9-23(22)31-2)20-11-17-10-18(25)19(26)13-21(17)28-20/h3-14,28,32H,1-2H3,(H,27,30)/t14-/m0/s1. The van der Waals surface area contributed by atoms with Crippen LogP contribution in [0.3, 0.4) is 0 Å². The van der Waals surface area contributed by atoms with Crippen molar-refractivity contribution in [2.45, 2.75) is 13.0 Å². The summed E-state index contributed by atoms with van der Waals surface area (Å²) in [5.74, 6) is -1.39. The third kappa shape index (κ3) is 4.27. The summed E-state index contributed by atoms with van der Waals surface area (Å²) < 4.78 is 33.7. The summed E-state index contributed by atoms with van der Waals surface area (Å²) in [6, 6.07) is 18.1. The molecule has 0 saturated carbocycles. The minimum atomic E-state index is -0.924. The number of carbonyl (C=O) groups excluding carboxylic acids is 1. The monoisotopic (exact) mass is 453 g/mol. The molecule has 0 aliphatic heterocycles. The summed E-state index contributed by atoms with van der Waals surface area (Å²) in [4.78, 5) is 15.9. The SMILES string of the molecule is COc1ccc(-c2cc3cc(F)c(F)cc3[nH]2)cc1N(S)C(=O)N[C@@H](C)c1ccccc1. The molecule has 2 amide bonds. The van der Waals surface area contributed by atoms with Crippen LogP contribution in [-0.4, -0.2) is 18.1 Å². The first-order valence-electron chi connectivity index (χ1n) is 9.88. The first-order chi connectivity index (χ1) is 15.4. The number of benzene rings is 3. The van der Waals surface area contributed by atoms with Gasteiger partial charge < -0.3 is 15.0 Å². The summed E-state index contributed by atoms with van der Waals surface area (Å²) in [6.07, 6.45) is 0. The van der Waals surface area contributed by atoms with Gasteiger partial charge >= 0.3 is 6.03 Å². The molecule has 0 unspecified atom stereocenters. The zero-order chi connectivity index (χ0) is 22.8. The van der Waals surface area contributed by atoms with E-state index in [4.69, 9.17) is 4.74 Å². The molecule has 0 saturated heterocycles. The number of anilines is 1. The fourth-order valence-corrected chi connectivity index (χ4v) is 3.70. The molecular weight excluding hydrogens is 432 g/mol. The van der Waals surface area contributed by atoms with Crippen LogP contribution < -0.4 is 14.4 Å². The second-order valence-electron chi connectivity index (χ2n) is 7.32. The number of fused-ring (bicyclic) bond motifs is 1. The third-order valence-electron chi connectivity index (χ3n) is 5.21. The smallest absolute Gasteiger partial charge is 0.332 e. The van der Waals surface area contributed by atoms with E-state index in [-0.39, 0.29) is 6.04 Å². The Morgan fingerprint density at radius 3 is 2.50 bits per heavy atom. The van der Waals surface area contributed by atoms with E-state index in [0.29, 0.717) is 33.6 Å². The van der Waals surface area contributed by atoms with Crippen LogP contribution in [0.25, 0.3) is 22.2 Å². The van der Waals surface area contributed by atoms with E-state index in [2.05, 4.69) is 23.1 Å². The van der Waals surface area contributed by atoms with Gasteiger partial charge in [0.15, 0.2) is 11.6 Å². The second-order valence-corrected chi connectivity index (χ2v) is 7.72. The highest BCUT2D eigenvalue weighted by atomic mass is 32.1. The number of urea groups is 1. The first-order valence-corrected chi connectivity index (χ1v) is 10.3. The Balaban J connectivity index is 1.63. The molecule has 0 spiro atoms. The average Bonchev–Trinajstić information content (AvgIpc) is 3.21. The Labute approximate surface area is 189 Å². The zero-order valence-electron chi connectivity index (χ0n) is 17.4. The van der Waals surface area contributed by atoms with Crippen molar-refractivity contribution < 1.29 is 18.3 Å². The molecule has 1 heterocycles. The molecule has 0 aliphatic rings. The summed E-state index contributed by atoms with van der Waals surface area (Å²) in [5, 5.41) is 3.44. The molecule has 0 radical (unpaired) electrons. The van der Waals surface area contributed by atoms with E-state index >= 15 is 0 Å². The number of carbonyl (C=O) groups is 1. The van der Waals surface area contributed by atoms with Gasteiger partial charge in [-0.1, -0.05) is 43.1 Å². The van der Waals surface area contributed by atoms with Gasteiger partial charge in [-0.15, -0.1) is 0 Å². The lowest BCUT2D eigenvalue weighted by molar-refractivity contribution is 0.247. The largest absolute Gasteiger partial charge is 0.495 e. The van der Waals surface area contributed by atoms with Crippen molar-refractivity contribution in [3.8, 4) is 17.0 Å². The molecule has 5 nitrogen and oxygen atoms in total. The maximum absolute atomic E-state index is 13.6. The summed E-state index contributed by atoms with van der Waals surface area (Å²) in [7, 11) is 1.50. The summed E-state index contributed by atoms with van der Waals surface area (Å²) in [6.45, 7) is 1.88. The van der Waals surface area contributed by atoms with Crippen molar-refractivity contribution in [1.29, 1.82) is 0 Å². The topological polar surface area (TPSA) is 57.4 Å².